The Kier molecular flexibility index (Phi) is 17.0. The Morgan fingerprint density at radius 2 is 1.52 bits per heavy atom. The van der Waals surface area contributed by atoms with Gasteiger partial charge in [0, 0.05) is 64.2 Å². The molecule has 0 bridgehead atoms. The Morgan fingerprint density at radius 1 is 0.968 bits per heavy atom. The smallest absolute Gasteiger partial charge is 0.416 e. The summed E-state index contributed by atoms with van der Waals surface area (Å²) in [6.45, 7) is 1.78. The molecule has 6 atom stereocenters. The van der Waals surface area contributed by atoms with Crippen LogP contribution in [-0.4, -0.2) is 122 Å². The number of carbonyl (C=O) groups is 3. The number of esters is 3. The van der Waals surface area contributed by atoms with Crippen LogP contribution in [0, 0.1) is 17.5 Å². The van der Waals surface area contributed by atoms with E-state index in [9.17, 15) is 62.7 Å². The molecule has 1 unspecified atom stereocenters. The number of ether oxygens (including phenoxy) is 4. The molecule has 0 radical (unpaired) electrons. The minimum absolute atomic E-state index is 0.252. The summed E-state index contributed by atoms with van der Waals surface area (Å²) in [4.78, 5) is 37.3. The number of aliphatic hydroxyl groups is 1. The lowest BCUT2D eigenvalue weighted by atomic mass is 9.84. The van der Waals surface area contributed by atoms with Crippen molar-refractivity contribution < 1.29 is 81.6 Å². The molecule has 5 rings (SSSR count). The number of rotatable bonds is 13. The van der Waals surface area contributed by atoms with E-state index in [1.807, 2.05) is 4.72 Å². The lowest BCUT2D eigenvalue weighted by Gasteiger charge is -2.48. The fourth-order valence-corrected chi connectivity index (χ4v) is 9.27. The predicted molar refractivity (Wildman–Crippen MR) is 210 cm³/mol. The molecule has 0 saturated carbocycles. The molecule has 350 valence electrons. The summed E-state index contributed by atoms with van der Waals surface area (Å²) in [6, 6.07) is 4.07. The molecule has 3 N–H and O–H groups in total. The van der Waals surface area contributed by atoms with Gasteiger partial charge < -0.3 is 24.1 Å². The van der Waals surface area contributed by atoms with E-state index in [2.05, 4.69) is 25.7 Å². The SMILES string of the molecule is CNS(=O)(=O)Cl.CNS(=O)(=O)N1CCC(O)(C(S[C@@H]2O[C@H](COC(C)=O)[C@H](OC(C)=O)[C@H](n3cc(-c4cc(F)c(F)c(F)c4)nn3)[C@H]2OC(C)=O)c2ccccc2C(F)(F)F)CC1. The number of nitrogens with zero attached hydrogens (tertiary/aromatic N) is 4. The van der Waals surface area contributed by atoms with E-state index < -0.39 is 119 Å². The number of hydrogen-bond acceptors (Lipinski definition) is 15. The van der Waals surface area contributed by atoms with Crippen LogP contribution in [-0.2, 0) is 59.0 Å². The van der Waals surface area contributed by atoms with Crippen LogP contribution in [0.5, 0.6) is 0 Å². The lowest BCUT2D eigenvalue weighted by Crippen LogP contribution is -2.58. The van der Waals surface area contributed by atoms with Crippen LogP contribution in [0.15, 0.2) is 42.6 Å². The first-order valence-corrected chi connectivity index (χ1v) is 23.0. The predicted octanol–water partition coefficient (Wildman–Crippen LogP) is 3.53. The van der Waals surface area contributed by atoms with E-state index in [0.29, 0.717) is 23.9 Å². The topological polar surface area (TPSA) is 235 Å². The molecule has 2 saturated heterocycles. The van der Waals surface area contributed by atoms with Crippen molar-refractivity contribution in [3.63, 3.8) is 0 Å². The van der Waals surface area contributed by atoms with E-state index in [1.54, 1.807) is 0 Å². The van der Waals surface area contributed by atoms with Crippen LogP contribution in [0.4, 0.5) is 26.3 Å². The van der Waals surface area contributed by atoms with E-state index in [-0.39, 0.29) is 37.2 Å². The molecule has 28 heteroatoms. The molecule has 3 aromatic rings. The number of piperidine rings is 1. The minimum Gasteiger partial charge on any atom is -0.463 e. The number of thioether (sulfide) groups is 1. The average Bonchev–Trinajstić information content (AvgIpc) is 3.68. The molecule has 2 aliphatic rings. The largest absolute Gasteiger partial charge is 0.463 e. The summed E-state index contributed by atoms with van der Waals surface area (Å²) in [5.41, 5.74) is -5.83. The lowest BCUT2D eigenvalue weighted by molar-refractivity contribution is -0.212. The van der Waals surface area contributed by atoms with E-state index in [0.717, 1.165) is 54.2 Å². The summed E-state index contributed by atoms with van der Waals surface area (Å²) < 4.78 is 159. The van der Waals surface area contributed by atoms with Gasteiger partial charge in [-0.2, -0.15) is 34.3 Å². The highest BCUT2D eigenvalue weighted by atomic mass is 35.7. The quantitative estimate of drug-likeness (QED) is 0.0731. The molecule has 3 heterocycles. The summed E-state index contributed by atoms with van der Waals surface area (Å²) >= 11 is 0.569. The van der Waals surface area contributed by atoms with Crippen molar-refractivity contribution in [1.29, 1.82) is 0 Å². The second-order valence-electron chi connectivity index (χ2n) is 13.8. The highest BCUT2D eigenvalue weighted by molar-refractivity contribution is 8.12. The third-order valence-electron chi connectivity index (χ3n) is 9.50. The second-order valence-corrected chi connectivity index (χ2v) is 19.4. The Hall–Kier alpha value is -4.09. The summed E-state index contributed by atoms with van der Waals surface area (Å²) in [6.07, 6.45) is -9.36. The van der Waals surface area contributed by atoms with Crippen LogP contribution in [0.1, 0.15) is 56.0 Å². The summed E-state index contributed by atoms with van der Waals surface area (Å²) in [5.74, 6) is -7.59. The molecular weight excluding hydrogens is 942 g/mol. The number of benzene rings is 2. The molecule has 1 aromatic heterocycles. The maximum atomic E-state index is 14.6. The van der Waals surface area contributed by atoms with Gasteiger partial charge in [0.05, 0.1) is 22.6 Å². The van der Waals surface area contributed by atoms with Gasteiger partial charge in [-0.25, -0.2) is 27.3 Å². The number of alkyl halides is 3. The van der Waals surface area contributed by atoms with Crippen LogP contribution in [0.3, 0.4) is 0 Å². The third-order valence-corrected chi connectivity index (χ3v) is 13.6. The molecule has 2 aliphatic heterocycles. The second kappa shape index (κ2) is 20.8. The first kappa shape index (κ1) is 51.5. The number of carbonyl (C=O) groups excluding carboxylic acids is 3. The maximum Gasteiger partial charge on any atom is 0.416 e. The van der Waals surface area contributed by atoms with Crippen LogP contribution < -0.4 is 9.44 Å². The van der Waals surface area contributed by atoms with Crippen molar-refractivity contribution in [2.24, 2.45) is 0 Å². The molecule has 63 heavy (non-hydrogen) atoms. The van der Waals surface area contributed by atoms with Crippen molar-refractivity contribution >= 4 is 59.8 Å². The zero-order valence-corrected chi connectivity index (χ0v) is 36.8. The first-order chi connectivity index (χ1) is 29.2. The molecular formula is C35H41ClF6N6O12S3. The molecule has 0 spiro atoms. The van der Waals surface area contributed by atoms with Crippen molar-refractivity contribution in [2.75, 3.05) is 33.8 Å². The average molecular weight is 983 g/mol. The third kappa shape index (κ3) is 13.2. The minimum atomic E-state index is -4.96. The fourth-order valence-electron chi connectivity index (χ4n) is 6.66. The van der Waals surface area contributed by atoms with Gasteiger partial charge in [0.2, 0.25) is 0 Å². The van der Waals surface area contributed by atoms with Gasteiger partial charge in [0.25, 0.3) is 19.4 Å². The number of halogens is 7. The summed E-state index contributed by atoms with van der Waals surface area (Å²) in [5, 5.41) is 18.6. The monoisotopic (exact) mass is 982 g/mol. The molecule has 0 amide bonds. The van der Waals surface area contributed by atoms with Crippen LogP contribution in [0.2, 0.25) is 0 Å². The zero-order chi connectivity index (χ0) is 47.2. The Morgan fingerprint density at radius 3 is 2.03 bits per heavy atom. The van der Waals surface area contributed by atoms with Gasteiger partial charge in [-0.3, -0.25) is 14.4 Å². The fraction of sp³-hybridized carbons (Fsp3) is 0.514. The van der Waals surface area contributed by atoms with Gasteiger partial charge in [0.1, 0.15) is 29.9 Å². The standard InChI is InChI=1S/C34H37F6N5O10S2.CH4ClNO2S/c1-17(46)52-16-26-29(53-18(2)47)28(45-15-25(42-43-45)20-13-23(35)27(37)24(36)14-20)30(54-19(3)48)32(55-26)56-31(21-7-5-6-8-22(21)34(38,39)40)33(49)9-11-44(12-10-33)57(50,51)41-4;1-3-6(2,4)5/h5-8,13-15,26,28-32,41,49H,9-12,16H2,1-4H3;3H,1H3/t26-,28+,29+,30-,31?,32+;/m1./s1. The number of aromatic nitrogens is 3. The van der Waals surface area contributed by atoms with Crippen molar-refractivity contribution in [3.05, 3.63) is 71.2 Å². The Bertz CT molecular complexity index is 2330. The van der Waals surface area contributed by atoms with Crippen molar-refractivity contribution in [2.45, 2.75) is 80.4 Å². The van der Waals surface area contributed by atoms with Gasteiger partial charge in [0.15, 0.2) is 29.7 Å². The Balaban J connectivity index is 0.00000135. The van der Waals surface area contributed by atoms with E-state index in [4.69, 9.17) is 18.9 Å². The molecule has 2 aromatic carbocycles. The van der Waals surface area contributed by atoms with Gasteiger partial charge in [-0.15, -0.1) is 16.9 Å². The highest BCUT2D eigenvalue weighted by Gasteiger charge is 2.55. The normalized spacial score (nSPS) is 22.3. The van der Waals surface area contributed by atoms with E-state index >= 15 is 0 Å². The summed E-state index contributed by atoms with van der Waals surface area (Å²) in [7, 11) is -0.450. The molecule has 2 fully saturated rings. The molecule has 0 aliphatic carbocycles. The van der Waals surface area contributed by atoms with E-state index in [1.165, 1.54) is 20.2 Å². The molecule has 18 nitrogen and oxygen atoms in total. The first-order valence-electron chi connectivity index (χ1n) is 18.3. The van der Waals surface area contributed by atoms with Gasteiger partial charge in [-0.1, -0.05) is 23.4 Å². The van der Waals surface area contributed by atoms with Gasteiger partial charge in [-0.05, 0) is 36.6 Å². The Labute approximate surface area is 365 Å². The van der Waals surface area contributed by atoms with Crippen molar-refractivity contribution in [1.82, 2.24) is 28.7 Å². The zero-order valence-electron chi connectivity index (χ0n) is 33.6. The van der Waals surface area contributed by atoms with Crippen LogP contribution >= 0.6 is 22.4 Å². The number of hydrogen-bond donors (Lipinski definition) is 3. The number of nitrogens with one attached hydrogen (secondary N) is 2. The maximum absolute atomic E-state index is 14.6. The van der Waals surface area contributed by atoms with Gasteiger partial charge >= 0.3 is 24.1 Å². The van der Waals surface area contributed by atoms with Crippen LogP contribution in [0.25, 0.3) is 11.3 Å². The van der Waals surface area contributed by atoms with Crippen molar-refractivity contribution in [3.8, 4) is 11.3 Å². The highest BCUT2D eigenvalue weighted by Crippen LogP contribution is 2.52.